The zero-order valence-electron chi connectivity index (χ0n) is 20.5. The van der Waals surface area contributed by atoms with Gasteiger partial charge in [-0.15, -0.1) is 0 Å². The van der Waals surface area contributed by atoms with Crippen molar-refractivity contribution in [1.82, 2.24) is 4.90 Å². The first-order valence-corrected chi connectivity index (χ1v) is 12.2. The summed E-state index contributed by atoms with van der Waals surface area (Å²) in [6, 6.07) is 26.1. The summed E-state index contributed by atoms with van der Waals surface area (Å²) >= 11 is 0. The lowest BCUT2D eigenvalue weighted by Gasteiger charge is -2.19. The number of likely N-dealkylation sites (tertiary alicyclic amines) is 1. The average molecular weight is 475 g/mol. The van der Waals surface area contributed by atoms with Gasteiger partial charge in [-0.3, -0.25) is 10.2 Å². The summed E-state index contributed by atoms with van der Waals surface area (Å²) < 4.78 is 17.2. The Kier molecular flexibility index (Phi) is 8.63. The van der Waals surface area contributed by atoms with Crippen LogP contribution in [-0.2, 0) is 17.6 Å². The molecule has 1 N–H and O–H groups in total. The second-order valence-electron chi connectivity index (χ2n) is 8.94. The van der Waals surface area contributed by atoms with Crippen LogP contribution in [-0.4, -0.2) is 50.4 Å². The summed E-state index contributed by atoms with van der Waals surface area (Å²) in [7, 11) is 3.77. The third-order valence-corrected chi connectivity index (χ3v) is 6.44. The van der Waals surface area contributed by atoms with Gasteiger partial charge in [0.2, 0.25) is 0 Å². The molecule has 2 atom stereocenters. The van der Waals surface area contributed by atoms with E-state index in [1.807, 2.05) is 54.6 Å². The number of rotatable bonds is 10. The summed E-state index contributed by atoms with van der Waals surface area (Å²) in [4.78, 5) is 14.5. The summed E-state index contributed by atoms with van der Waals surface area (Å²) in [5.41, 5.74) is 3.18. The van der Waals surface area contributed by atoms with Crippen LogP contribution in [0.5, 0.6) is 11.5 Å². The number of methoxy groups -OCH3 is 1. The highest BCUT2D eigenvalue weighted by Crippen LogP contribution is 2.25. The van der Waals surface area contributed by atoms with Crippen molar-refractivity contribution in [2.24, 2.45) is 0 Å². The molecule has 35 heavy (non-hydrogen) atoms. The van der Waals surface area contributed by atoms with Crippen LogP contribution in [0.25, 0.3) is 0 Å². The predicted molar refractivity (Wildman–Crippen MR) is 138 cm³/mol. The minimum Gasteiger partial charge on any atom is -0.497 e. The van der Waals surface area contributed by atoms with Crippen molar-refractivity contribution in [2.75, 3.05) is 32.6 Å². The summed E-state index contributed by atoms with van der Waals surface area (Å²) in [6.45, 7) is 1.35. The van der Waals surface area contributed by atoms with E-state index in [-0.39, 0.29) is 6.10 Å². The number of para-hydroxylation sites is 2. The highest BCUT2D eigenvalue weighted by atomic mass is 16.6. The van der Waals surface area contributed by atoms with E-state index >= 15 is 0 Å². The molecule has 3 aromatic carbocycles. The summed E-state index contributed by atoms with van der Waals surface area (Å²) in [6.07, 6.45) is 2.98. The predicted octanol–water partition coefficient (Wildman–Crippen LogP) is 5.57. The molecule has 0 saturated carbocycles. The van der Waals surface area contributed by atoms with Crippen molar-refractivity contribution >= 4 is 11.8 Å². The maximum Gasteiger partial charge on any atom is 0.411 e. The van der Waals surface area contributed by atoms with Crippen molar-refractivity contribution in [3.05, 3.63) is 90.0 Å². The smallest absolute Gasteiger partial charge is 0.411 e. The first kappa shape index (κ1) is 24.6. The third-order valence-electron chi connectivity index (χ3n) is 6.44. The fourth-order valence-corrected chi connectivity index (χ4v) is 4.54. The van der Waals surface area contributed by atoms with E-state index in [1.54, 1.807) is 7.11 Å². The standard InChI is InChI=1S/C29H34N2O4/c1-31-21-27(35-29(32)30-24-11-4-3-5-12-24)20-25(31)17-18-34-28-14-7-6-10-23(28)16-15-22-9-8-13-26(19-22)33-2/h3-14,19,25,27H,15-18,20-21H2,1-2H3,(H,30,32)/t25-,27-/m1/s1. The molecule has 0 spiro atoms. The Morgan fingerprint density at radius 1 is 1.00 bits per heavy atom. The zero-order valence-corrected chi connectivity index (χ0v) is 20.5. The number of nitrogens with zero attached hydrogens (tertiary/aromatic N) is 1. The van der Waals surface area contributed by atoms with E-state index in [1.165, 1.54) is 11.1 Å². The molecule has 1 aliphatic rings. The number of ether oxygens (including phenoxy) is 3. The number of nitrogens with one attached hydrogen (secondary N) is 1. The third kappa shape index (κ3) is 7.23. The van der Waals surface area contributed by atoms with Gasteiger partial charge in [0.15, 0.2) is 0 Å². The van der Waals surface area contributed by atoms with E-state index in [9.17, 15) is 4.79 Å². The Morgan fingerprint density at radius 3 is 2.63 bits per heavy atom. The van der Waals surface area contributed by atoms with Gasteiger partial charge in [0.05, 0.1) is 13.7 Å². The number of anilines is 1. The van der Waals surface area contributed by atoms with Crippen molar-refractivity contribution in [1.29, 1.82) is 0 Å². The molecule has 6 nitrogen and oxygen atoms in total. The first-order valence-electron chi connectivity index (χ1n) is 12.2. The van der Waals surface area contributed by atoms with Crippen molar-refractivity contribution in [3.63, 3.8) is 0 Å². The quantitative estimate of drug-likeness (QED) is 0.416. The summed E-state index contributed by atoms with van der Waals surface area (Å²) in [5.74, 6) is 1.82. The number of amides is 1. The molecular formula is C29H34N2O4. The Labute approximate surface area is 207 Å². The second kappa shape index (κ2) is 12.3. The van der Waals surface area contributed by atoms with Crippen LogP contribution in [0.4, 0.5) is 10.5 Å². The minimum absolute atomic E-state index is 0.121. The second-order valence-corrected chi connectivity index (χ2v) is 8.94. The number of hydrogen-bond donors (Lipinski definition) is 1. The van der Waals surface area contributed by atoms with Crippen LogP contribution in [0.2, 0.25) is 0 Å². The maximum absolute atomic E-state index is 12.2. The number of likely N-dealkylation sites (N-methyl/N-ethyl adjacent to an activating group) is 1. The molecule has 0 unspecified atom stereocenters. The minimum atomic E-state index is -0.406. The maximum atomic E-state index is 12.2. The molecule has 1 aliphatic heterocycles. The van der Waals surface area contributed by atoms with Crippen LogP contribution >= 0.6 is 0 Å². The SMILES string of the molecule is COc1cccc(CCc2ccccc2OCC[C@@H]2C[C@@H](OC(=O)Nc3ccccc3)CN2C)c1. The lowest BCUT2D eigenvalue weighted by molar-refractivity contribution is 0.115. The van der Waals surface area contributed by atoms with Crippen LogP contribution in [0.15, 0.2) is 78.9 Å². The largest absolute Gasteiger partial charge is 0.497 e. The first-order chi connectivity index (χ1) is 17.1. The van der Waals surface area contributed by atoms with Crippen LogP contribution in [0.1, 0.15) is 24.0 Å². The van der Waals surface area contributed by atoms with Gasteiger partial charge < -0.3 is 14.2 Å². The van der Waals surface area contributed by atoms with E-state index in [0.717, 1.165) is 49.4 Å². The van der Waals surface area contributed by atoms with Crippen molar-refractivity contribution < 1.29 is 19.0 Å². The van der Waals surface area contributed by atoms with Crippen molar-refractivity contribution in [2.45, 2.75) is 37.8 Å². The molecule has 0 aromatic heterocycles. The van der Waals surface area contributed by atoms with E-state index < -0.39 is 6.09 Å². The van der Waals surface area contributed by atoms with Gasteiger partial charge in [-0.1, -0.05) is 48.5 Å². The number of benzene rings is 3. The molecule has 184 valence electrons. The molecule has 1 saturated heterocycles. The highest BCUT2D eigenvalue weighted by Gasteiger charge is 2.31. The molecule has 1 heterocycles. The van der Waals surface area contributed by atoms with Crippen LogP contribution in [0, 0.1) is 0 Å². The Morgan fingerprint density at radius 2 is 1.80 bits per heavy atom. The van der Waals surface area contributed by atoms with E-state index in [0.29, 0.717) is 12.6 Å². The molecule has 3 aromatic rings. The van der Waals surface area contributed by atoms with Gasteiger partial charge >= 0.3 is 6.09 Å². The molecule has 4 rings (SSSR count). The van der Waals surface area contributed by atoms with Crippen LogP contribution in [0.3, 0.4) is 0 Å². The van der Waals surface area contributed by atoms with E-state index in [4.69, 9.17) is 14.2 Å². The van der Waals surface area contributed by atoms with Gasteiger partial charge in [-0.2, -0.15) is 0 Å². The van der Waals surface area contributed by atoms with Gasteiger partial charge in [0.25, 0.3) is 0 Å². The lowest BCUT2D eigenvalue weighted by atomic mass is 10.0. The molecule has 0 aliphatic carbocycles. The number of aryl methyl sites for hydroxylation is 2. The number of carbonyl (C=O) groups is 1. The topological polar surface area (TPSA) is 60.0 Å². The molecular weight excluding hydrogens is 440 g/mol. The average Bonchev–Trinajstić information content (AvgIpc) is 3.22. The number of carbonyl (C=O) groups excluding carboxylic acids is 1. The summed E-state index contributed by atoms with van der Waals surface area (Å²) in [5, 5.41) is 2.79. The molecule has 6 heteroatoms. The van der Waals surface area contributed by atoms with Gasteiger partial charge in [0.1, 0.15) is 17.6 Å². The van der Waals surface area contributed by atoms with Crippen LogP contribution < -0.4 is 14.8 Å². The molecule has 0 radical (unpaired) electrons. The Hall–Kier alpha value is -3.51. The van der Waals surface area contributed by atoms with Gasteiger partial charge in [-0.05, 0) is 67.8 Å². The molecule has 0 bridgehead atoms. The fourth-order valence-electron chi connectivity index (χ4n) is 4.54. The normalized spacial score (nSPS) is 17.7. The molecule has 1 amide bonds. The Bertz CT molecular complexity index is 1090. The van der Waals surface area contributed by atoms with Crippen molar-refractivity contribution in [3.8, 4) is 11.5 Å². The monoisotopic (exact) mass is 474 g/mol. The molecule has 1 fully saturated rings. The fraction of sp³-hybridized carbons (Fsp3) is 0.345. The zero-order chi connectivity index (χ0) is 24.5. The van der Waals surface area contributed by atoms with E-state index in [2.05, 4.69) is 41.5 Å². The Balaban J connectivity index is 1.23. The van der Waals surface area contributed by atoms with Gasteiger partial charge in [-0.25, -0.2) is 4.79 Å². The highest BCUT2D eigenvalue weighted by molar-refractivity contribution is 5.84. The number of hydrogen-bond acceptors (Lipinski definition) is 5. The van der Waals surface area contributed by atoms with Gasteiger partial charge in [0, 0.05) is 24.7 Å². The lowest BCUT2D eigenvalue weighted by Crippen LogP contribution is -2.27.